The van der Waals surface area contributed by atoms with Crippen molar-refractivity contribution in [3.05, 3.63) is 59.1 Å². The largest absolute Gasteiger partial charge is 0.329 e. The zero-order valence-corrected chi connectivity index (χ0v) is 21.1. The van der Waals surface area contributed by atoms with Crippen LogP contribution < -0.4 is 0 Å². The van der Waals surface area contributed by atoms with E-state index in [-0.39, 0.29) is 0 Å². The first-order chi connectivity index (χ1) is 15.1. The minimum absolute atomic E-state index is 0.446. The predicted octanol–water partition coefficient (Wildman–Crippen LogP) is 8.39. The molecule has 4 nitrogen and oxygen atoms in total. The van der Waals surface area contributed by atoms with Crippen LogP contribution in [0.3, 0.4) is 0 Å². The highest BCUT2D eigenvalue weighted by Crippen LogP contribution is 2.34. The topological polar surface area (TPSA) is 46.5 Å². The minimum atomic E-state index is 0.446. The Labute approximate surface area is 206 Å². The highest BCUT2D eigenvalue weighted by atomic mass is 127. The van der Waals surface area contributed by atoms with Gasteiger partial charge in [-0.05, 0) is 73.2 Å². The average Bonchev–Trinajstić information content (AvgIpc) is 3.54. The molecule has 2 aliphatic rings. The Kier molecular flexibility index (Phi) is 8.13. The molecule has 1 N–H and O–H groups in total. The summed E-state index contributed by atoms with van der Waals surface area (Å²) >= 11 is 14.3. The Morgan fingerprint density at radius 3 is 2.06 bits per heavy atom. The maximum Gasteiger partial charge on any atom is 0.204 e. The van der Waals surface area contributed by atoms with Gasteiger partial charge in [0.25, 0.3) is 0 Å². The summed E-state index contributed by atoms with van der Waals surface area (Å²) in [6, 6.07) is 16.5. The summed E-state index contributed by atoms with van der Waals surface area (Å²) in [6.45, 7) is 0. The third-order valence-electron chi connectivity index (χ3n) is 5.89. The molecule has 31 heavy (non-hydrogen) atoms. The standard InChI is InChI=1S/C12H13ClN2.C7H5ClN2.C5H9I/c13-12-14-10-7-3-4-8-11(10)15(12)9-5-1-2-6-9;8-7-9-5-3-1-2-4-6(5)10-7;6-5-3-1-2-4-5/h3-4,7-9H,1-2,5-6H2;1-4H,(H,9,10);5H,1-4H2. The molecule has 7 heteroatoms. The molecule has 2 heterocycles. The van der Waals surface area contributed by atoms with Crippen LogP contribution in [0.15, 0.2) is 48.5 Å². The van der Waals surface area contributed by atoms with Crippen molar-refractivity contribution >= 4 is 67.9 Å². The Morgan fingerprint density at radius 1 is 0.806 bits per heavy atom. The first-order valence-corrected chi connectivity index (χ1v) is 13.0. The van der Waals surface area contributed by atoms with Crippen molar-refractivity contribution in [2.75, 3.05) is 0 Å². The molecule has 0 amide bonds. The van der Waals surface area contributed by atoms with E-state index in [4.69, 9.17) is 23.2 Å². The molecule has 0 atom stereocenters. The third kappa shape index (κ3) is 5.93. The van der Waals surface area contributed by atoms with Crippen LogP contribution in [0.1, 0.15) is 57.4 Å². The molecule has 2 fully saturated rings. The van der Waals surface area contributed by atoms with E-state index in [0.29, 0.717) is 16.6 Å². The van der Waals surface area contributed by atoms with Crippen molar-refractivity contribution in [2.45, 2.75) is 61.3 Å². The van der Waals surface area contributed by atoms with Crippen molar-refractivity contribution in [3.63, 3.8) is 0 Å². The highest BCUT2D eigenvalue weighted by Gasteiger charge is 2.21. The number of aromatic nitrogens is 4. The molecule has 0 unspecified atom stereocenters. The van der Waals surface area contributed by atoms with E-state index in [9.17, 15) is 0 Å². The first kappa shape index (κ1) is 22.9. The molecule has 0 spiro atoms. The Hall–Kier alpha value is -1.31. The Bertz CT molecular complexity index is 1080. The Balaban J connectivity index is 0.000000124. The number of aromatic amines is 1. The number of imidazole rings is 2. The summed E-state index contributed by atoms with van der Waals surface area (Å²) < 4.78 is 3.21. The monoisotopic (exact) mass is 568 g/mol. The third-order valence-corrected chi connectivity index (χ3v) is 7.58. The summed E-state index contributed by atoms with van der Waals surface area (Å²) in [4.78, 5) is 11.3. The van der Waals surface area contributed by atoms with E-state index >= 15 is 0 Å². The normalized spacial score (nSPS) is 16.9. The molecule has 2 aromatic carbocycles. The maximum absolute atomic E-state index is 6.20. The molecule has 164 valence electrons. The van der Waals surface area contributed by atoms with Gasteiger partial charge in [-0.1, -0.05) is 72.5 Å². The van der Waals surface area contributed by atoms with Gasteiger partial charge in [0.05, 0.1) is 22.1 Å². The second kappa shape index (κ2) is 11.0. The van der Waals surface area contributed by atoms with Crippen LogP contribution in [0.4, 0.5) is 0 Å². The molecule has 4 aromatic rings. The minimum Gasteiger partial charge on any atom is -0.329 e. The fourth-order valence-corrected chi connectivity index (χ4v) is 5.72. The predicted molar refractivity (Wildman–Crippen MR) is 140 cm³/mol. The molecule has 0 bridgehead atoms. The molecule has 0 saturated heterocycles. The summed E-state index contributed by atoms with van der Waals surface area (Å²) in [5, 5.41) is 1.09. The van der Waals surface area contributed by atoms with Crippen molar-refractivity contribution < 1.29 is 0 Å². The van der Waals surface area contributed by atoms with Gasteiger partial charge in [-0.3, -0.25) is 0 Å². The molecular weight excluding hydrogens is 542 g/mol. The van der Waals surface area contributed by atoms with E-state index in [1.54, 1.807) is 0 Å². The van der Waals surface area contributed by atoms with Crippen LogP contribution in [0, 0.1) is 0 Å². The summed E-state index contributed by atoms with van der Waals surface area (Å²) in [6.07, 6.45) is 11.0. The van der Waals surface area contributed by atoms with Gasteiger partial charge in [0.1, 0.15) is 0 Å². The number of nitrogens with zero attached hydrogens (tertiary/aromatic N) is 3. The van der Waals surface area contributed by atoms with E-state index in [1.165, 1.54) is 56.9 Å². The number of hydrogen-bond acceptors (Lipinski definition) is 2. The molecule has 2 saturated carbocycles. The molecule has 0 aliphatic heterocycles. The van der Waals surface area contributed by atoms with Crippen LogP contribution in [-0.4, -0.2) is 23.4 Å². The number of halogens is 3. The van der Waals surface area contributed by atoms with E-state index in [0.717, 1.165) is 20.5 Å². The van der Waals surface area contributed by atoms with E-state index in [1.807, 2.05) is 42.5 Å². The van der Waals surface area contributed by atoms with Gasteiger partial charge in [0.15, 0.2) is 0 Å². The SMILES string of the molecule is Clc1nc2ccccc2[nH]1.Clc1nc2ccccc2n1C1CCCC1.IC1CCCC1. The van der Waals surface area contributed by atoms with Gasteiger partial charge in [0, 0.05) is 9.97 Å². The zero-order chi connectivity index (χ0) is 21.6. The lowest BCUT2D eigenvalue weighted by atomic mass is 10.2. The lowest BCUT2D eigenvalue weighted by Gasteiger charge is -2.13. The summed E-state index contributed by atoms with van der Waals surface area (Å²) in [5.41, 5.74) is 4.07. The van der Waals surface area contributed by atoms with Gasteiger partial charge in [-0.25, -0.2) is 9.97 Å². The second-order valence-electron chi connectivity index (χ2n) is 8.10. The average molecular weight is 569 g/mol. The van der Waals surface area contributed by atoms with Crippen LogP contribution in [0.2, 0.25) is 10.6 Å². The number of para-hydroxylation sites is 4. The lowest BCUT2D eigenvalue weighted by molar-refractivity contribution is 0.533. The van der Waals surface area contributed by atoms with Gasteiger partial charge in [0.2, 0.25) is 10.6 Å². The van der Waals surface area contributed by atoms with Gasteiger partial charge < -0.3 is 9.55 Å². The van der Waals surface area contributed by atoms with Crippen LogP contribution in [0.5, 0.6) is 0 Å². The number of fused-ring (bicyclic) bond motifs is 2. The van der Waals surface area contributed by atoms with Crippen LogP contribution in [0.25, 0.3) is 22.1 Å². The summed E-state index contributed by atoms with van der Waals surface area (Å²) in [5.74, 6) is 0. The van der Waals surface area contributed by atoms with Crippen LogP contribution in [-0.2, 0) is 0 Å². The number of benzene rings is 2. The quantitative estimate of drug-likeness (QED) is 0.185. The van der Waals surface area contributed by atoms with Crippen molar-refractivity contribution in [3.8, 4) is 0 Å². The van der Waals surface area contributed by atoms with E-state index in [2.05, 4.69) is 48.2 Å². The molecule has 2 aromatic heterocycles. The zero-order valence-electron chi connectivity index (χ0n) is 17.4. The smallest absolute Gasteiger partial charge is 0.204 e. The summed E-state index contributed by atoms with van der Waals surface area (Å²) in [7, 11) is 0. The molecule has 2 aliphatic carbocycles. The van der Waals surface area contributed by atoms with Gasteiger partial charge >= 0.3 is 0 Å². The van der Waals surface area contributed by atoms with E-state index < -0.39 is 0 Å². The van der Waals surface area contributed by atoms with Crippen molar-refractivity contribution in [1.29, 1.82) is 0 Å². The number of nitrogens with one attached hydrogen (secondary N) is 1. The van der Waals surface area contributed by atoms with Gasteiger partial charge in [-0.15, -0.1) is 0 Å². The first-order valence-electron chi connectivity index (χ1n) is 11.0. The number of alkyl halides is 1. The number of H-pyrrole nitrogens is 1. The molecular formula is C24H27Cl2IN4. The van der Waals surface area contributed by atoms with Crippen LogP contribution >= 0.6 is 45.8 Å². The fourth-order valence-electron chi connectivity index (χ4n) is 4.32. The molecule has 6 rings (SSSR count). The number of hydrogen-bond donors (Lipinski definition) is 1. The number of rotatable bonds is 1. The second-order valence-corrected chi connectivity index (χ2v) is 10.6. The Morgan fingerprint density at radius 2 is 1.42 bits per heavy atom. The van der Waals surface area contributed by atoms with Gasteiger partial charge in [-0.2, -0.15) is 0 Å². The van der Waals surface area contributed by atoms with Crippen molar-refractivity contribution in [2.24, 2.45) is 0 Å². The van der Waals surface area contributed by atoms with Crippen molar-refractivity contribution in [1.82, 2.24) is 19.5 Å². The maximum atomic E-state index is 6.20. The highest BCUT2D eigenvalue weighted by molar-refractivity contribution is 14.1. The molecule has 0 radical (unpaired) electrons. The fraction of sp³-hybridized carbons (Fsp3) is 0.417. The lowest BCUT2D eigenvalue weighted by Crippen LogP contribution is -2.04.